The quantitative estimate of drug-likeness (QED) is 0.167. The smallest absolute Gasteiger partial charge is 0.312 e. The molecule has 1 heterocycles. The standard InChI is InChI=1S/C24H18O7/c25-16-8-6-13(10-18(16)27)7-9-17(26)23-20(29)12-19(28)22-15(11-21(30)31-24(22)23)14-4-2-1-3-5-14/h1-10,12,15,25,27-29H,11H2/t15-/m0/s1. The van der Waals surface area contributed by atoms with Gasteiger partial charge in [0.1, 0.15) is 17.1 Å². The second-order valence-electron chi connectivity index (χ2n) is 7.12. The van der Waals surface area contributed by atoms with E-state index in [0.717, 1.165) is 17.7 Å². The van der Waals surface area contributed by atoms with E-state index >= 15 is 0 Å². The van der Waals surface area contributed by atoms with Gasteiger partial charge in [-0.1, -0.05) is 42.5 Å². The SMILES string of the molecule is O=C1C[C@@H](c2ccccc2)c2c(O)cc(O)c(C(=O)C=Cc3ccc(O)c(O)c3)c2O1. The van der Waals surface area contributed by atoms with Crippen molar-refractivity contribution in [2.24, 2.45) is 0 Å². The summed E-state index contributed by atoms with van der Waals surface area (Å²) in [6.07, 6.45) is 2.49. The first-order chi connectivity index (χ1) is 14.8. The van der Waals surface area contributed by atoms with Crippen molar-refractivity contribution in [2.45, 2.75) is 12.3 Å². The fraction of sp³-hybridized carbons (Fsp3) is 0.0833. The maximum absolute atomic E-state index is 12.9. The Hall–Kier alpha value is -4.26. The van der Waals surface area contributed by atoms with Crippen LogP contribution in [-0.4, -0.2) is 32.2 Å². The van der Waals surface area contributed by atoms with Gasteiger partial charge in [0.25, 0.3) is 0 Å². The molecule has 0 aromatic heterocycles. The number of ketones is 1. The van der Waals surface area contributed by atoms with E-state index in [1.165, 1.54) is 24.3 Å². The summed E-state index contributed by atoms with van der Waals surface area (Å²) < 4.78 is 5.30. The molecule has 3 aromatic carbocycles. The molecule has 4 N–H and O–H groups in total. The summed E-state index contributed by atoms with van der Waals surface area (Å²) in [6, 6.07) is 14.1. The van der Waals surface area contributed by atoms with Crippen LogP contribution in [0.25, 0.3) is 6.08 Å². The highest BCUT2D eigenvalue weighted by atomic mass is 16.5. The Kier molecular flexibility index (Phi) is 5.09. The molecule has 1 atom stereocenters. The van der Waals surface area contributed by atoms with Crippen LogP contribution in [0.1, 0.15) is 39.4 Å². The number of rotatable bonds is 4. The summed E-state index contributed by atoms with van der Waals surface area (Å²) in [5.74, 6) is -3.42. The molecule has 156 valence electrons. The molecule has 0 aliphatic carbocycles. The lowest BCUT2D eigenvalue weighted by molar-refractivity contribution is -0.135. The third-order valence-corrected chi connectivity index (χ3v) is 5.09. The molecule has 0 saturated heterocycles. The van der Waals surface area contributed by atoms with Gasteiger partial charge in [-0.3, -0.25) is 9.59 Å². The summed E-state index contributed by atoms with van der Waals surface area (Å²) in [5.41, 5.74) is 1.19. The molecule has 7 heteroatoms. The monoisotopic (exact) mass is 418 g/mol. The molecule has 4 rings (SSSR count). The van der Waals surface area contributed by atoms with E-state index in [0.29, 0.717) is 5.56 Å². The van der Waals surface area contributed by atoms with Gasteiger partial charge in [-0.2, -0.15) is 0 Å². The highest BCUT2D eigenvalue weighted by molar-refractivity contribution is 6.11. The fourth-order valence-corrected chi connectivity index (χ4v) is 3.62. The lowest BCUT2D eigenvalue weighted by Gasteiger charge is -2.27. The molecule has 1 aliphatic rings. The number of hydrogen-bond donors (Lipinski definition) is 4. The fourth-order valence-electron chi connectivity index (χ4n) is 3.62. The number of hydrogen-bond acceptors (Lipinski definition) is 7. The second-order valence-corrected chi connectivity index (χ2v) is 7.12. The first-order valence-corrected chi connectivity index (χ1v) is 9.44. The number of allylic oxidation sites excluding steroid dienone is 1. The minimum Gasteiger partial charge on any atom is -0.507 e. The third kappa shape index (κ3) is 3.81. The van der Waals surface area contributed by atoms with Gasteiger partial charge in [-0.15, -0.1) is 0 Å². The van der Waals surface area contributed by atoms with Crippen molar-refractivity contribution in [3.05, 3.63) is 82.9 Å². The molecule has 0 unspecified atom stereocenters. The van der Waals surface area contributed by atoms with E-state index in [-0.39, 0.29) is 40.5 Å². The number of carbonyl (C=O) groups excluding carboxylic acids is 2. The molecule has 0 radical (unpaired) electrons. The topological polar surface area (TPSA) is 124 Å². The number of ether oxygens (including phenoxy) is 1. The first-order valence-electron chi connectivity index (χ1n) is 9.44. The number of phenolic OH excluding ortho intramolecular Hbond substituents is 4. The van der Waals surface area contributed by atoms with Crippen molar-refractivity contribution >= 4 is 17.8 Å². The third-order valence-electron chi connectivity index (χ3n) is 5.09. The number of fused-ring (bicyclic) bond motifs is 1. The van der Waals surface area contributed by atoms with Crippen LogP contribution in [0.3, 0.4) is 0 Å². The van der Waals surface area contributed by atoms with E-state index in [2.05, 4.69) is 0 Å². The van der Waals surface area contributed by atoms with Crippen molar-refractivity contribution < 1.29 is 34.8 Å². The molecule has 0 spiro atoms. The number of carbonyl (C=O) groups is 2. The molecule has 31 heavy (non-hydrogen) atoms. The van der Waals surface area contributed by atoms with Crippen molar-refractivity contribution in [3.63, 3.8) is 0 Å². The van der Waals surface area contributed by atoms with Gasteiger partial charge in [-0.25, -0.2) is 0 Å². The van der Waals surface area contributed by atoms with E-state index in [1.807, 2.05) is 6.07 Å². The minimum absolute atomic E-state index is 0.0222. The molecule has 7 nitrogen and oxygen atoms in total. The largest absolute Gasteiger partial charge is 0.507 e. The van der Waals surface area contributed by atoms with Gasteiger partial charge in [0.2, 0.25) is 0 Å². The number of benzene rings is 3. The van der Waals surface area contributed by atoms with E-state index in [9.17, 15) is 30.0 Å². The zero-order valence-electron chi connectivity index (χ0n) is 16.1. The minimum atomic E-state index is -0.664. The van der Waals surface area contributed by atoms with Gasteiger partial charge in [-0.05, 0) is 29.3 Å². The Morgan fingerprint density at radius 1 is 0.903 bits per heavy atom. The van der Waals surface area contributed by atoms with Crippen molar-refractivity contribution in [1.82, 2.24) is 0 Å². The Balaban J connectivity index is 1.78. The molecule has 0 bridgehead atoms. The molecular formula is C24H18O7. The summed E-state index contributed by atoms with van der Waals surface area (Å²) in [4.78, 5) is 25.2. The second kappa shape index (κ2) is 7.87. The number of phenols is 4. The van der Waals surface area contributed by atoms with E-state index in [1.54, 1.807) is 24.3 Å². The Labute approximate surface area is 177 Å². The van der Waals surface area contributed by atoms with Crippen LogP contribution in [0.15, 0.2) is 60.7 Å². The van der Waals surface area contributed by atoms with Gasteiger partial charge < -0.3 is 25.2 Å². The van der Waals surface area contributed by atoms with Gasteiger partial charge in [0.15, 0.2) is 23.0 Å². The van der Waals surface area contributed by atoms with Gasteiger partial charge in [0.05, 0.1) is 6.42 Å². The summed E-state index contributed by atoms with van der Waals surface area (Å²) in [7, 11) is 0. The predicted octanol–water partition coefficient (Wildman–Crippen LogP) is 3.85. The maximum atomic E-state index is 12.9. The number of esters is 1. The zero-order chi connectivity index (χ0) is 22.1. The lowest BCUT2D eigenvalue weighted by Crippen LogP contribution is -2.23. The average molecular weight is 418 g/mol. The molecular weight excluding hydrogens is 400 g/mol. The van der Waals surface area contributed by atoms with Crippen LogP contribution in [-0.2, 0) is 4.79 Å². The number of aromatic hydroxyl groups is 4. The van der Waals surface area contributed by atoms with Crippen LogP contribution in [0.5, 0.6) is 28.7 Å². The molecule has 1 aliphatic heterocycles. The van der Waals surface area contributed by atoms with Crippen molar-refractivity contribution in [3.8, 4) is 28.7 Å². The molecule has 0 amide bonds. The molecule has 0 saturated carbocycles. The van der Waals surface area contributed by atoms with Crippen LogP contribution in [0, 0.1) is 0 Å². The Morgan fingerprint density at radius 2 is 1.65 bits per heavy atom. The Morgan fingerprint density at radius 3 is 2.35 bits per heavy atom. The van der Waals surface area contributed by atoms with Crippen molar-refractivity contribution in [2.75, 3.05) is 0 Å². The highest BCUT2D eigenvalue weighted by Gasteiger charge is 2.35. The van der Waals surface area contributed by atoms with E-state index in [4.69, 9.17) is 4.74 Å². The van der Waals surface area contributed by atoms with Crippen LogP contribution >= 0.6 is 0 Å². The van der Waals surface area contributed by atoms with Crippen LogP contribution in [0.4, 0.5) is 0 Å². The molecule has 3 aromatic rings. The van der Waals surface area contributed by atoms with Crippen LogP contribution < -0.4 is 4.74 Å². The van der Waals surface area contributed by atoms with Gasteiger partial charge in [0, 0.05) is 17.5 Å². The van der Waals surface area contributed by atoms with Gasteiger partial charge >= 0.3 is 5.97 Å². The molecule has 0 fully saturated rings. The maximum Gasteiger partial charge on any atom is 0.312 e. The zero-order valence-corrected chi connectivity index (χ0v) is 16.1. The normalized spacial score (nSPS) is 15.5. The average Bonchev–Trinajstić information content (AvgIpc) is 2.74. The first kappa shape index (κ1) is 20.0. The summed E-state index contributed by atoms with van der Waals surface area (Å²) >= 11 is 0. The summed E-state index contributed by atoms with van der Waals surface area (Å²) in [5, 5.41) is 39.8. The highest BCUT2D eigenvalue weighted by Crippen LogP contribution is 2.48. The Bertz CT molecular complexity index is 1210. The van der Waals surface area contributed by atoms with Crippen molar-refractivity contribution in [1.29, 1.82) is 0 Å². The van der Waals surface area contributed by atoms with Crippen LogP contribution in [0.2, 0.25) is 0 Å². The summed E-state index contributed by atoms with van der Waals surface area (Å²) in [6.45, 7) is 0. The lowest BCUT2D eigenvalue weighted by atomic mass is 9.84. The predicted molar refractivity (Wildman–Crippen MR) is 111 cm³/mol. The van der Waals surface area contributed by atoms with E-state index < -0.39 is 23.4 Å².